The Labute approximate surface area is 460 Å². The van der Waals surface area contributed by atoms with E-state index in [0.29, 0.717) is 19.3 Å². The second-order valence-electron chi connectivity index (χ2n) is 22.0. The lowest BCUT2D eigenvalue weighted by Crippen LogP contribution is -2.30. The molecule has 0 rings (SSSR count). The Kier molecular flexibility index (Phi) is 60.7. The van der Waals surface area contributed by atoms with Crippen molar-refractivity contribution in [2.24, 2.45) is 0 Å². The van der Waals surface area contributed by atoms with Crippen molar-refractivity contribution >= 4 is 17.9 Å². The quantitative estimate of drug-likeness (QED) is 0.0261. The van der Waals surface area contributed by atoms with Crippen molar-refractivity contribution < 1.29 is 28.6 Å². The lowest BCUT2D eigenvalue weighted by Gasteiger charge is -2.18. The highest BCUT2D eigenvalue weighted by molar-refractivity contribution is 5.71. The molecular weight excluding hydrogens is 913 g/mol. The minimum atomic E-state index is -0.782. The van der Waals surface area contributed by atoms with Gasteiger partial charge in [0.2, 0.25) is 0 Å². The summed E-state index contributed by atoms with van der Waals surface area (Å²) in [5.74, 6) is -0.886. The molecule has 0 aromatic carbocycles. The molecule has 0 aliphatic rings. The van der Waals surface area contributed by atoms with Crippen LogP contribution in [0.2, 0.25) is 0 Å². The lowest BCUT2D eigenvalue weighted by atomic mass is 10.0. The fourth-order valence-corrected chi connectivity index (χ4v) is 9.59. The highest BCUT2D eigenvalue weighted by Crippen LogP contribution is 2.17. The van der Waals surface area contributed by atoms with Crippen LogP contribution in [0.5, 0.6) is 0 Å². The van der Waals surface area contributed by atoms with Crippen LogP contribution in [-0.4, -0.2) is 37.2 Å². The van der Waals surface area contributed by atoms with Crippen molar-refractivity contribution in [3.63, 3.8) is 0 Å². The monoisotopic (exact) mass is 1040 g/mol. The van der Waals surface area contributed by atoms with Crippen molar-refractivity contribution in [2.75, 3.05) is 13.2 Å². The maximum atomic E-state index is 12.8. The SMILES string of the molecule is CCC/C=C\C/C=C\CCCCCCCC(=O)OC(COC(=O)CCCCCCC/C=C\CCCCC)COC(=O)CCCCCCCCCCCCCCCCCCCCC/C=C\CCCCCCCCCC. The van der Waals surface area contributed by atoms with Crippen LogP contribution in [0.25, 0.3) is 0 Å². The third kappa shape index (κ3) is 60.2. The van der Waals surface area contributed by atoms with Crippen molar-refractivity contribution in [3.8, 4) is 0 Å². The Morgan fingerprint density at radius 2 is 0.514 bits per heavy atom. The molecule has 0 heterocycles. The zero-order valence-electron chi connectivity index (χ0n) is 49.6. The van der Waals surface area contributed by atoms with E-state index < -0.39 is 6.10 Å². The summed E-state index contributed by atoms with van der Waals surface area (Å²) in [4.78, 5) is 38.2. The second-order valence-corrected chi connectivity index (χ2v) is 22.0. The number of hydrogen-bond acceptors (Lipinski definition) is 6. The minimum Gasteiger partial charge on any atom is -0.462 e. The summed E-state index contributed by atoms with van der Waals surface area (Å²) in [6.07, 6.45) is 78.6. The Hall–Kier alpha value is -2.63. The smallest absolute Gasteiger partial charge is 0.306 e. The van der Waals surface area contributed by atoms with Crippen LogP contribution in [0.4, 0.5) is 0 Å². The number of unbranched alkanes of at least 4 members (excludes halogenated alkanes) is 41. The van der Waals surface area contributed by atoms with Gasteiger partial charge in [-0.05, 0) is 96.3 Å². The van der Waals surface area contributed by atoms with Crippen LogP contribution in [0.15, 0.2) is 48.6 Å². The van der Waals surface area contributed by atoms with Gasteiger partial charge in [0.25, 0.3) is 0 Å². The van der Waals surface area contributed by atoms with Gasteiger partial charge in [-0.25, -0.2) is 0 Å². The van der Waals surface area contributed by atoms with Crippen LogP contribution < -0.4 is 0 Å². The number of hydrogen-bond donors (Lipinski definition) is 0. The number of carbonyl (C=O) groups excluding carboxylic acids is 3. The number of rotatable bonds is 60. The van der Waals surface area contributed by atoms with E-state index in [0.717, 1.165) is 96.3 Å². The molecular formula is C68H124O6. The minimum absolute atomic E-state index is 0.0785. The molecule has 0 saturated heterocycles. The largest absolute Gasteiger partial charge is 0.462 e. The Bertz CT molecular complexity index is 1280. The van der Waals surface area contributed by atoms with Crippen LogP contribution in [0.1, 0.15) is 348 Å². The number of ether oxygens (including phenoxy) is 3. The number of carbonyl (C=O) groups is 3. The molecule has 6 nitrogen and oxygen atoms in total. The molecule has 0 spiro atoms. The van der Waals surface area contributed by atoms with E-state index in [4.69, 9.17) is 14.2 Å². The summed E-state index contributed by atoms with van der Waals surface area (Å²) in [5.41, 5.74) is 0. The van der Waals surface area contributed by atoms with Gasteiger partial charge in [0.05, 0.1) is 0 Å². The summed E-state index contributed by atoms with van der Waals surface area (Å²) in [7, 11) is 0. The van der Waals surface area contributed by atoms with Crippen LogP contribution in [0.3, 0.4) is 0 Å². The van der Waals surface area contributed by atoms with Gasteiger partial charge in [0.15, 0.2) is 6.10 Å². The highest BCUT2D eigenvalue weighted by Gasteiger charge is 2.19. The molecule has 0 N–H and O–H groups in total. The Balaban J connectivity index is 4.08. The lowest BCUT2D eigenvalue weighted by molar-refractivity contribution is -0.167. The summed E-state index contributed by atoms with van der Waals surface area (Å²) in [6.45, 7) is 6.57. The van der Waals surface area contributed by atoms with E-state index >= 15 is 0 Å². The number of esters is 3. The number of allylic oxidation sites excluding steroid dienone is 8. The maximum Gasteiger partial charge on any atom is 0.306 e. The first kappa shape index (κ1) is 71.4. The van der Waals surface area contributed by atoms with E-state index in [1.54, 1.807) is 0 Å². The molecule has 1 unspecified atom stereocenters. The first-order valence-corrected chi connectivity index (χ1v) is 32.6. The van der Waals surface area contributed by atoms with Crippen molar-refractivity contribution in [1.82, 2.24) is 0 Å². The molecule has 0 aromatic rings. The molecule has 0 aliphatic heterocycles. The normalized spacial score (nSPS) is 12.3. The summed E-state index contributed by atoms with van der Waals surface area (Å²) in [6, 6.07) is 0. The molecule has 74 heavy (non-hydrogen) atoms. The van der Waals surface area contributed by atoms with Gasteiger partial charge in [-0.3, -0.25) is 14.4 Å². The summed E-state index contributed by atoms with van der Waals surface area (Å²) in [5, 5.41) is 0. The predicted molar refractivity (Wildman–Crippen MR) is 321 cm³/mol. The molecule has 0 fully saturated rings. The third-order valence-electron chi connectivity index (χ3n) is 14.5. The zero-order valence-corrected chi connectivity index (χ0v) is 49.6. The molecule has 0 saturated carbocycles. The van der Waals surface area contributed by atoms with Crippen molar-refractivity contribution in [3.05, 3.63) is 48.6 Å². The molecule has 6 heteroatoms. The summed E-state index contributed by atoms with van der Waals surface area (Å²) < 4.78 is 16.9. The fraction of sp³-hybridized carbons (Fsp3) is 0.838. The van der Waals surface area contributed by atoms with Crippen LogP contribution in [-0.2, 0) is 28.6 Å². The fourth-order valence-electron chi connectivity index (χ4n) is 9.59. The second kappa shape index (κ2) is 62.9. The standard InChI is InChI=1S/C68H124O6/c1-4-7-10-13-16-19-22-25-26-27-28-29-30-31-32-33-34-35-36-37-38-39-40-41-42-44-46-49-52-55-58-61-67(70)73-64-65(63-72-66(69)60-57-54-51-48-45-24-21-18-15-12-9-6-3)74-68(71)62-59-56-53-50-47-43-23-20-17-14-11-8-5-2/h11,14,18,20-21,23,27-28,65H,4-10,12-13,15-17,19,22,24-26,29-64H2,1-3H3/b14-11-,21-18-,23-20-,28-27-. The first-order chi connectivity index (χ1) is 36.5. The van der Waals surface area contributed by atoms with E-state index in [9.17, 15) is 14.4 Å². The van der Waals surface area contributed by atoms with E-state index in [1.807, 2.05) is 0 Å². The summed E-state index contributed by atoms with van der Waals surface area (Å²) >= 11 is 0. The molecule has 0 amide bonds. The van der Waals surface area contributed by atoms with Gasteiger partial charge in [-0.1, -0.05) is 281 Å². The average Bonchev–Trinajstić information content (AvgIpc) is 3.40. The third-order valence-corrected chi connectivity index (χ3v) is 14.5. The molecule has 432 valence electrons. The van der Waals surface area contributed by atoms with Gasteiger partial charge in [0, 0.05) is 19.3 Å². The Morgan fingerprint density at radius 1 is 0.270 bits per heavy atom. The van der Waals surface area contributed by atoms with Crippen LogP contribution in [0, 0.1) is 0 Å². The van der Waals surface area contributed by atoms with Gasteiger partial charge >= 0.3 is 17.9 Å². The molecule has 0 aromatic heterocycles. The molecule has 0 radical (unpaired) electrons. The van der Waals surface area contributed by atoms with Gasteiger partial charge in [0.1, 0.15) is 13.2 Å². The highest BCUT2D eigenvalue weighted by atomic mass is 16.6. The van der Waals surface area contributed by atoms with Crippen LogP contribution >= 0.6 is 0 Å². The van der Waals surface area contributed by atoms with E-state index in [-0.39, 0.29) is 31.1 Å². The molecule has 0 aliphatic carbocycles. The average molecular weight is 1040 g/mol. The van der Waals surface area contributed by atoms with Gasteiger partial charge < -0.3 is 14.2 Å². The van der Waals surface area contributed by atoms with Crippen molar-refractivity contribution in [1.29, 1.82) is 0 Å². The van der Waals surface area contributed by atoms with Gasteiger partial charge in [-0.2, -0.15) is 0 Å². The van der Waals surface area contributed by atoms with Gasteiger partial charge in [-0.15, -0.1) is 0 Å². The first-order valence-electron chi connectivity index (χ1n) is 32.6. The van der Waals surface area contributed by atoms with E-state index in [2.05, 4.69) is 69.4 Å². The molecule has 1 atom stereocenters. The molecule has 0 bridgehead atoms. The topological polar surface area (TPSA) is 78.9 Å². The zero-order chi connectivity index (χ0) is 53.6. The van der Waals surface area contributed by atoms with E-state index in [1.165, 1.54) is 212 Å². The predicted octanol–water partition coefficient (Wildman–Crippen LogP) is 22.2. The maximum absolute atomic E-state index is 12.8. The Morgan fingerprint density at radius 3 is 0.838 bits per heavy atom. The van der Waals surface area contributed by atoms with Crippen molar-refractivity contribution in [2.45, 2.75) is 354 Å².